The van der Waals surface area contributed by atoms with Crippen molar-refractivity contribution in [2.45, 2.75) is 53.1 Å². The van der Waals surface area contributed by atoms with E-state index in [1.54, 1.807) is 0 Å². The smallest absolute Gasteiger partial charge is 0.337 e. The number of allylic oxidation sites excluding steroid dienone is 1. The highest BCUT2D eigenvalue weighted by Gasteiger charge is 2.37. The number of esters is 1. The molecule has 6 heteroatoms. The number of hydrogen-bond acceptors (Lipinski definition) is 5. The summed E-state index contributed by atoms with van der Waals surface area (Å²) >= 11 is 6.54. The lowest BCUT2D eigenvalue weighted by Crippen LogP contribution is -2.28. The third-order valence-electron chi connectivity index (χ3n) is 5.03. The van der Waals surface area contributed by atoms with Gasteiger partial charge in [-0.3, -0.25) is 0 Å². The topological polar surface area (TPSA) is 77.2 Å². The Morgan fingerprint density at radius 1 is 1.32 bits per heavy atom. The van der Waals surface area contributed by atoms with E-state index in [1.165, 1.54) is 0 Å². The fourth-order valence-electron chi connectivity index (χ4n) is 3.67. The summed E-state index contributed by atoms with van der Waals surface area (Å²) in [6.45, 7) is 9.52. The van der Waals surface area contributed by atoms with E-state index in [2.05, 4.69) is 5.32 Å². The van der Waals surface area contributed by atoms with Crippen molar-refractivity contribution in [3.63, 3.8) is 0 Å². The normalized spacial score (nSPS) is 16.0. The van der Waals surface area contributed by atoms with Crippen LogP contribution in [0.25, 0.3) is 0 Å². The number of fused-ring (bicyclic) bond motifs is 1. The van der Waals surface area contributed by atoms with Gasteiger partial charge in [0.1, 0.15) is 5.82 Å². The Kier molecular flexibility index (Phi) is 5.66. The number of halogens is 1. The summed E-state index contributed by atoms with van der Waals surface area (Å²) in [4.78, 5) is 17.8. The minimum absolute atomic E-state index is 0.235. The Morgan fingerprint density at radius 3 is 2.61 bits per heavy atom. The lowest BCUT2D eigenvalue weighted by molar-refractivity contribution is -0.142. The van der Waals surface area contributed by atoms with Crippen LogP contribution in [-0.4, -0.2) is 17.1 Å². The van der Waals surface area contributed by atoms with Gasteiger partial charge < -0.3 is 15.8 Å². The highest BCUT2D eigenvalue weighted by Crippen LogP contribution is 2.47. The Hall–Kier alpha value is -2.53. The zero-order valence-electron chi connectivity index (χ0n) is 16.9. The number of hydrogen-bond donors (Lipinski definition) is 2. The predicted octanol–water partition coefficient (Wildman–Crippen LogP) is 4.97. The minimum atomic E-state index is -0.451. The zero-order chi connectivity index (χ0) is 20.6. The molecule has 0 spiro atoms. The van der Waals surface area contributed by atoms with E-state index < -0.39 is 5.92 Å². The number of nitrogens with one attached hydrogen (secondary N) is 1. The number of rotatable bonds is 4. The first-order chi connectivity index (χ1) is 13.3. The molecule has 3 N–H and O–H groups in total. The second-order valence-electron chi connectivity index (χ2n) is 7.29. The number of nitrogens with zero attached hydrogens (tertiary/aromatic N) is 1. The van der Waals surface area contributed by atoms with E-state index in [0.717, 1.165) is 28.8 Å². The van der Waals surface area contributed by atoms with Crippen LogP contribution in [0.5, 0.6) is 0 Å². The van der Waals surface area contributed by atoms with Crippen LogP contribution >= 0.6 is 11.6 Å². The van der Waals surface area contributed by atoms with E-state index in [4.69, 9.17) is 27.1 Å². The molecule has 0 aliphatic carbocycles. The van der Waals surface area contributed by atoms with E-state index in [0.29, 0.717) is 27.8 Å². The number of aryl methyl sites for hydroxylation is 1. The molecule has 2 aromatic rings. The molecule has 0 fully saturated rings. The van der Waals surface area contributed by atoms with Crippen molar-refractivity contribution in [1.29, 1.82) is 0 Å². The molecule has 0 amide bonds. The second-order valence-corrected chi connectivity index (χ2v) is 7.69. The number of nitrogens with two attached hydrogens (primary N) is 1. The van der Waals surface area contributed by atoms with Gasteiger partial charge in [-0.25, -0.2) is 9.78 Å². The molecule has 0 saturated heterocycles. The van der Waals surface area contributed by atoms with Gasteiger partial charge in [-0.05, 0) is 51.3 Å². The summed E-state index contributed by atoms with van der Waals surface area (Å²) in [6.07, 6.45) is 0.535. The van der Waals surface area contributed by atoms with Crippen molar-refractivity contribution in [3.05, 3.63) is 62.9 Å². The Balaban J connectivity index is 2.30. The predicted molar refractivity (Wildman–Crippen MR) is 114 cm³/mol. The van der Waals surface area contributed by atoms with Gasteiger partial charge in [-0.15, -0.1) is 0 Å². The molecule has 5 nitrogen and oxygen atoms in total. The lowest BCUT2D eigenvalue weighted by Gasteiger charge is -2.32. The molecule has 1 aliphatic heterocycles. The fraction of sp³-hybridized carbons (Fsp3) is 0.364. The highest BCUT2D eigenvalue weighted by atomic mass is 35.5. The van der Waals surface area contributed by atoms with Gasteiger partial charge >= 0.3 is 5.97 Å². The zero-order valence-corrected chi connectivity index (χ0v) is 17.6. The molecule has 2 heterocycles. The summed E-state index contributed by atoms with van der Waals surface area (Å²) in [5.41, 5.74) is 11.8. The van der Waals surface area contributed by atoms with Crippen molar-refractivity contribution in [2.24, 2.45) is 0 Å². The lowest BCUT2D eigenvalue weighted by atomic mass is 9.80. The van der Waals surface area contributed by atoms with Crippen LogP contribution in [0.1, 0.15) is 56.0 Å². The van der Waals surface area contributed by atoms with Crippen LogP contribution in [0.3, 0.4) is 0 Å². The molecule has 1 aromatic carbocycles. The van der Waals surface area contributed by atoms with Crippen molar-refractivity contribution < 1.29 is 9.53 Å². The van der Waals surface area contributed by atoms with Crippen LogP contribution in [0.2, 0.25) is 5.02 Å². The average Bonchev–Trinajstić information content (AvgIpc) is 2.63. The molecule has 1 aliphatic rings. The van der Waals surface area contributed by atoms with Crippen LogP contribution < -0.4 is 11.1 Å². The monoisotopic (exact) mass is 399 g/mol. The van der Waals surface area contributed by atoms with Crippen LogP contribution in [-0.2, 0) is 16.0 Å². The van der Waals surface area contributed by atoms with Crippen molar-refractivity contribution in [2.75, 3.05) is 11.1 Å². The molecule has 1 unspecified atom stereocenters. The SMILES string of the molecule is CCc1nc2c(c(N)c1C)C(c1ccccc1Cl)C(C(=O)OC(C)C)=C(C)N2. The largest absolute Gasteiger partial charge is 0.460 e. The Morgan fingerprint density at radius 2 is 2.00 bits per heavy atom. The van der Waals surface area contributed by atoms with Crippen LogP contribution in [0, 0.1) is 6.92 Å². The fourth-order valence-corrected chi connectivity index (χ4v) is 3.92. The van der Waals surface area contributed by atoms with Gasteiger partial charge in [0.25, 0.3) is 0 Å². The number of benzene rings is 1. The maximum absolute atomic E-state index is 13.0. The van der Waals surface area contributed by atoms with E-state index in [1.807, 2.05) is 58.9 Å². The Labute approximate surface area is 170 Å². The number of anilines is 2. The molecule has 0 saturated carbocycles. The van der Waals surface area contributed by atoms with Gasteiger partial charge in [-0.1, -0.05) is 36.7 Å². The van der Waals surface area contributed by atoms with Crippen LogP contribution in [0.4, 0.5) is 11.5 Å². The first-order valence-electron chi connectivity index (χ1n) is 9.48. The van der Waals surface area contributed by atoms with E-state index in [9.17, 15) is 4.79 Å². The van der Waals surface area contributed by atoms with Gasteiger partial charge in [-0.2, -0.15) is 0 Å². The molecule has 148 valence electrons. The molecule has 28 heavy (non-hydrogen) atoms. The molecule has 1 aromatic heterocycles. The molecule has 1 atom stereocenters. The number of nitrogen functional groups attached to an aromatic ring is 1. The van der Waals surface area contributed by atoms with Crippen molar-refractivity contribution >= 4 is 29.1 Å². The second kappa shape index (κ2) is 7.84. The van der Waals surface area contributed by atoms with E-state index in [-0.39, 0.29) is 12.1 Å². The van der Waals surface area contributed by atoms with Gasteiger partial charge in [0.2, 0.25) is 0 Å². The minimum Gasteiger partial charge on any atom is -0.460 e. The molecular formula is C22H26ClN3O2. The summed E-state index contributed by atoms with van der Waals surface area (Å²) in [6, 6.07) is 7.50. The van der Waals surface area contributed by atoms with Crippen molar-refractivity contribution in [3.8, 4) is 0 Å². The maximum Gasteiger partial charge on any atom is 0.337 e. The quantitative estimate of drug-likeness (QED) is 0.709. The first-order valence-corrected chi connectivity index (χ1v) is 9.86. The number of aromatic nitrogens is 1. The third-order valence-corrected chi connectivity index (χ3v) is 5.37. The summed E-state index contributed by atoms with van der Waals surface area (Å²) in [7, 11) is 0. The molecular weight excluding hydrogens is 374 g/mol. The molecule has 0 bridgehead atoms. The molecule has 3 rings (SSSR count). The van der Waals surface area contributed by atoms with Crippen molar-refractivity contribution in [1.82, 2.24) is 4.98 Å². The number of carbonyl (C=O) groups is 1. The molecule has 0 radical (unpaired) electrons. The standard InChI is InChI=1S/C22H26ClN3O2/c1-6-16-12(4)20(24)19-18(14-9-7-8-10-15(14)23)17(22(27)28-11(2)3)13(5)25-21(19)26-16/h7-11,18H,6H2,1-5H3,(H3,24,25,26). The summed E-state index contributed by atoms with van der Waals surface area (Å²) in [5.74, 6) is -0.163. The highest BCUT2D eigenvalue weighted by molar-refractivity contribution is 6.31. The van der Waals surface area contributed by atoms with Gasteiger partial charge in [0, 0.05) is 27.7 Å². The first kappa shape index (κ1) is 20.2. The van der Waals surface area contributed by atoms with Gasteiger partial charge in [0.15, 0.2) is 0 Å². The van der Waals surface area contributed by atoms with Gasteiger partial charge in [0.05, 0.1) is 17.6 Å². The number of pyridine rings is 1. The summed E-state index contributed by atoms with van der Waals surface area (Å²) in [5, 5.41) is 3.84. The number of ether oxygens (including phenoxy) is 1. The van der Waals surface area contributed by atoms with E-state index >= 15 is 0 Å². The number of carbonyl (C=O) groups excluding carboxylic acids is 1. The third kappa shape index (κ3) is 3.47. The summed E-state index contributed by atoms with van der Waals surface area (Å²) < 4.78 is 5.54. The Bertz CT molecular complexity index is 966. The van der Waals surface area contributed by atoms with Crippen LogP contribution in [0.15, 0.2) is 35.5 Å². The average molecular weight is 400 g/mol. The maximum atomic E-state index is 13.0.